The van der Waals surface area contributed by atoms with Crippen LogP contribution in [0.5, 0.6) is 5.75 Å². The number of hydrogen-bond acceptors (Lipinski definition) is 1. The van der Waals surface area contributed by atoms with E-state index in [1.807, 2.05) is 12.1 Å². The molecule has 0 unspecified atom stereocenters. The zero-order valence-electron chi connectivity index (χ0n) is 8.17. The Morgan fingerprint density at radius 3 is 2.43 bits per heavy atom. The summed E-state index contributed by atoms with van der Waals surface area (Å²) < 4.78 is 6.51. The van der Waals surface area contributed by atoms with Crippen molar-refractivity contribution in [1.29, 1.82) is 0 Å². The number of benzene rings is 2. The van der Waals surface area contributed by atoms with Gasteiger partial charge in [0.25, 0.3) is 0 Å². The fraction of sp³-hybridized carbons (Fsp3) is 0.167. The molecule has 0 saturated carbocycles. The van der Waals surface area contributed by atoms with Crippen molar-refractivity contribution < 1.29 is 4.74 Å². The maximum Gasteiger partial charge on any atom is 0.129 e. The predicted octanol–water partition coefficient (Wildman–Crippen LogP) is 3.92. The van der Waals surface area contributed by atoms with Gasteiger partial charge in [0, 0.05) is 9.86 Å². The maximum absolute atomic E-state index is 5.39. The Labute approximate surface area is 91.8 Å². The third-order valence-electron chi connectivity index (χ3n) is 2.33. The van der Waals surface area contributed by atoms with Crippen molar-refractivity contribution in [3.63, 3.8) is 0 Å². The quantitative estimate of drug-likeness (QED) is 0.746. The molecule has 0 radical (unpaired) electrons. The molecular formula is C12H11BrO. The van der Waals surface area contributed by atoms with Crippen LogP contribution >= 0.6 is 15.9 Å². The maximum atomic E-state index is 5.39. The Morgan fingerprint density at radius 2 is 1.79 bits per heavy atom. The largest absolute Gasteiger partial charge is 0.496 e. The molecular weight excluding hydrogens is 240 g/mol. The lowest BCUT2D eigenvalue weighted by molar-refractivity contribution is 0.417. The number of hydrogen-bond donors (Lipinski definition) is 0. The van der Waals surface area contributed by atoms with Crippen LogP contribution in [-0.2, 0) is 0 Å². The molecule has 0 heterocycles. The first-order valence-corrected chi connectivity index (χ1v) is 5.25. The average molecular weight is 251 g/mol. The molecule has 2 aromatic carbocycles. The molecule has 1 nitrogen and oxygen atoms in total. The second-order valence-electron chi connectivity index (χ2n) is 3.25. The summed E-state index contributed by atoms with van der Waals surface area (Å²) in [5.74, 6) is 0.962. The molecule has 0 aliphatic rings. The van der Waals surface area contributed by atoms with Crippen molar-refractivity contribution in [2.45, 2.75) is 6.92 Å². The molecule has 0 fully saturated rings. The van der Waals surface area contributed by atoms with E-state index >= 15 is 0 Å². The average Bonchev–Trinajstić information content (AvgIpc) is 2.18. The molecule has 72 valence electrons. The number of ether oxygens (including phenoxy) is 1. The zero-order valence-corrected chi connectivity index (χ0v) is 9.76. The van der Waals surface area contributed by atoms with Crippen LogP contribution in [0, 0.1) is 6.92 Å². The van der Waals surface area contributed by atoms with Crippen LogP contribution in [0.2, 0.25) is 0 Å². The van der Waals surface area contributed by atoms with E-state index in [9.17, 15) is 0 Å². The zero-order chi connectivity index (χ0) is 10.1. The Kier molecular flexibility index (Phi) is 2.46. The molecule has 2 rings (SSSR count). The first-order valence-electron chi connectivity index (χ1n) is 4.46. The molecule has 0 saturated heterocycles. The van der Waals surface area contributed by atoms with Gasteiger partial charge in [0.05, 0.1) is 7.11 Å². The van der Waals surface area contributed by atoms with Crippen molar-refractivity contribution in [3.8, 4) is 5.75 Å². The van der Waals surface area contributed by atoms with Gasteiger partial charge < -0.3 is 4.74 Å². The van der Waals surface area contributed by atoms with Gasteiger partial charge in [0.15, 0.2) is 0 Å². The molecule has 0 atom stereocenters. The van der Waals surface area contributed by atoms with Gasteiger partial charge in [-0.1, -0.05) is 40.2 Å². The third kappa shape index (κ3) is 1.40. The first kappa shape index (κ1) is 9.53. The molecule has 2 heteroatoms. The van der Waals surface area contributed by atoms with Crippen LogP contribution in [0.3, 0.4) is 0 Å². The standard InChI is InChI=1S/C12H11BrO/c1-8-7-11(13)9-5-3-4-6-10(9)12(8)14-2/h3-7H,1-2H3. The van der Waals surface area contributed by atoms with Crippen LogP contribution in [0.4, 0.5) is 0 Å². The summed E-state index contributed by atoms with van der Waals surface area (Å²) in [4.78, 5) is 0. The van der Waals surface area contributed by atoms with Crippen LogP contribution in [0.15, 0.2) is 34.8 Å². The molecule has 0 aromatic heterocycles. The monoisotopic (exact) mass is 250 g/mol. The normalized spacial score (nSPS) is 10.5. The first-order chi connectivity index (χ1) is 6.74. The second-order valence-corrected chi connectivity index (χ2v) is 4.11. The minimum Gasteiger partial charge on any atom is -0.496 e. The number of methoxy groups -OCH3 is 1. The van der Waals surface area contributed by atoms with Gasteiger partial charge in [0.1, 0.15) is 5.75 Å². The van der Waals surface area contributed by atoms with E-state index in [-0.39, 0.29) is 0 Å². The summed E-state index contributed by atoms with van der Waals surface area (Å²) in [6.07, 6.45) is 0. The fourth-order valence-electron chi connectivity index (χ4n) is 1.71. The highest BCUT2D eigenvalue weighted by atomic mass is 79.9. The van der Waals surface area contributed by atoms with E-state index in [1.165, 1.54) is 5.39 Å². The smallest absolute Gasteiger partial charge is 0.129 e. The van der Waals surface area contributed by atoms with Gasteiger partial charge in [-0.25, -0.2) is 0 Å². The van der Waals surface area contributed by atoms with Crippen molar-refractivity contribution in [3.05, 3.63) is 40.4 Å². The summed E-state index contributed by atoms with van der Waals surface area (Å²) >= 11 is 3.56. The fourth-order valence-corrected chi connectivity index (χ4v) is 2.40. The highest BCUT2D eigenvalue weighted by Crippen LogP contribution is 2.34. The Bertz CT molecular complexity index is 477. The van der Waals surface area contributed by atoms with Crippen molar-refractivity contribution >= 4 is 26.7 Å². The summed E-state index contributed by atoms with van der Waals surface area (Å²) in [6.45, 7) is 2.05. The number of halogens is 1. The van der Waals surface area contributed by atoms with Gasteiger partial charge in [-0.3, -0.25) is 0 Å². The van der Waals surface area contributed by atoms with E-state index in [4.69, 9.17) is 4.74 Å². The van der Waals surface area contributed by atoms with Crippen LogP contribution in [0.25, 0.3) is 10.8 Å². The van der Waals surface area contributed by atoms with Crippen LogP contribution < -0.4 is 4.74 Å². The van der Waals surface area contributed by atoms with Gasteiger partial charge in [0.2, 0.25) is 0 Å². The SMILES string of the molecule is COc1c(C)cc(Br)c2ccccc12. The van der Waals surface area contributed by atoms with E-state index in [0.717, 1.165) is 21.2 Å². The highest BCUT2D eigenvalue weighted by molar-refractivity contribution is 9.10. The molecule has 2 aromatic rings. The number of rotatable bonds is 1. The molecule has 0 aliphatic heterocycles. The Balaban J connectivity index is 2.90. The lowest BCUT2D eigenvalue weighted by Crippen LogP contribution is -1.89. The molecule has 0 aliphatic carbocycles. The molecule has 0 spiro atoms. The van der Waals surface area contributed by atoms with Crippen LogP contribution in [-0.4, -0.2) is 7.11 Å². The summed E-state index contributed by atoms with van der Waals surface area (Å²) in [7, 11) is 1.71. The summed E-state index contributed by atoms with van der Waals surface area (Å²) in [5, 5.41) is 2.34. The molecule has 14 heavy (non-hydrogen) atoms. The minimum atomic E-state index is 0.962. The lowest BCUT2D eigenvalue weighted by atomic mass is 10.1. The molecule has 0 bridgehead atoms. The van der Waals surface area contributed by atoms with E-state index in [0.29, 0.717) is 0 Å². The van der Waals surface area contributed by atoms with Gasteiger partial charge >= 0.3 is 0 Å². The van der Waals surface area contributed by atoms with Crippen molar-refractivity contribution in [2.75, 3.05) is 7.11 Å². The van der Waals surface area contributed by atoms with E-state index in [1.54, 1.807) is 7.11 Å². The second kappa shape index (κ2) is 3.62. The molecule has 0 amide bonds. The van der Waals surface area contributed by atoms with E-state index < -0.39 is 0 Å². The van der Waals surface area contributed by atoms with Crippen molar-refractivity contribution in [1.82, 2.24) is 0 Å². The van der Waals surface area contributed by atoms with E-state index in [2.05, 4.69) is 41.1 Å². The third-order valence-corrected chi connectivity index (χ3v) is 2.99. The van der Waals surface area contributed by atoms with Crippen LogP contribution in [0.1, 0.15) is 5.56 Å². The molecule has 0 N–H and O–H groups in total. The van der Waals surface area contributed by atoms with Crippen molar-refractivity contribution in [2.24, 2.45) is 0 Å². The van der Waals surface area contributed by atoms with Gasteiger partial charge in [-0.05, 0) is 23.9 Å². The predicted molar refractivity (Wildman–Crippen MR) is 62.9 cm³/mol. The lowest BCUT2D eigenvalue weighted by Gasteiger charge is -2.10. The number of fused-ring (bicyclic) bond motifs is 1. The summed E-state index contributed by atoms with van der Waals surface area (Å²) in [6, 6.07) is 10.3. The Hall–Kier alpha value is -1.02. The summed E-state index contributed by atoms with van der Waals surface area (Å²) in [5.41, 5.74) is 1.15. The highest BCUT2D eigenvalue weighted by Gasteiger charge is 2.07. The number of aryl methyl sites for hydroxylation is 1. The Morgan fingerprint density at radius 1 is 1.14 bits per heavy atom. The van der Waals surface area contributed by atoms with Gasteiger partial charge in [-0.2, -0.15) is 0 Å². The minimum absolute atomic E-state index is 0.962. The topological polar surface area (TPSA) is 9.23 Å². The van der Waals surface area contributed by atoms with Gasteiger partial charge in [-0.15, -0.1) is 0 Å².